The summed E-state index contributed by atoms with van der Waals surface area (Å²) in [6.07, 6.45) is 3.47. The lowest BCUT2D eigenvalue weighted by atomic mass is 9.95. The maximum atomic E-state index is 13.0. The zero-order chi connectivity index (χ0) is 19.8. The summed E-state index contributed by atoms with van der Waals surface area (Å²) >= 11 is 0. The van der Waals surface area contributed by atoms with Crippen LogP contribution in [0.2, 0.25) is 0 Å². The zero-order valence-corrected chi connectivity index (χ0v) is 15.3. The first kappa shape index (κ1) is 17.3. The van der Waals surface area contributed by atoms with Crippen LogP contribution in [0.25, 0.3) is 33.2 Å². The topological polar surface area (TPSA) is 108 Å². The Labute approximate surface area is 165 Å². The third kappa shape index (κ3) is 2.97. The van der Waals surface area contributed by atoms with E-state index >= 15 is 0 Å². The summed E-state index contributed by atoms with van der Waals surface area (Å²) in [6, 6.07) is 16.8. The van der Waals surface area contributed by atoms with Gasteiger partial charge in [-0.3, -0.25) is 14.9 Å². The monoisotopic (exact) mass is 383 g/mol. The second-order valence-corrected chi connectivity index (χ2v) is 6.80. The molecule has 0 bridgehead atoms. The fraction of sp³-hybridized carbons (Fsp3) is 0.0909. The van der Waals surface area contributed by atoms with Crippen LogP contribution in [0.5, 0.6) is 0 Å². The second kappa shape index (κ2) is 6.96. The van der Waals surface area contributed by atoms with Crippen LogP contribution < -0.4 is 0 Å². The third-order valence-corrected chi connectivity index (χ3v) is 5.05. The molecule has 142 valence electrons. The van der Waals surface area contributed by atoms with Gasteiger partial charge in [0.15, 0.2) is 5.82 Å². The molecule has 0 aliphatic carbocycles. The fourth-order valence-corrected chi connectivity index (χ4v) is 3.55. The number of aromatic nitrogens is 5. The molecule has 0 radical (unpaired) electrons. The number of aliphatic hydroxyl groups excluding tert-OH is 1. The van der Waals surface area contributed by atoms with E-state index in [2.05, 4.69) is 25.1 Å². The van der Waals surface area contributed by atoms with E-state index in [1.165, 1.54) is 0 Å². The van der Waals surface area contributed by atoms with Crippen molar-refractivity contribution in [2.75, 3.05) is 6.61 Å². The number of nitrogens with zero attached hydrogens (tertiary/aromatic N) is 3. The smallest absolute Gasteiger partial charge is 0.209 e. The summed E-state index contributed by atoms with van der Waals surface area (Å²) in [5.74, 6) is -0.858. The van der Waals surface area contributed by atoms with Crippen molar-refractivity contribution in [3.8, 4) is 11.3 Å². The number of carbonyl (C=O) groups is 1. The number of ketones is 1. The van der Waals surface area contributed by atoms with Crippen molar-refractivity contribution >= 4 is 27.7 Å². The predicted octanol–water partition coefficient (Wildman–Crippen LogP) is 3.46. The Kier molecular flexibility index (Phi) is 4.14. The normalized spacial score (nSPS) is 12.4. The molecule has 2 aromatic carbocycles. The lowest BCUT2D eigenvalue weighted by Crippen LogP contribution is -2.18. The molecule has 0 saturated heterocycles. The van der Waals surface area contributed by atoms with Gasteiger partial charge in [-0.2, -0.15) is 0 Å². The van der Waals surface area contributed by atoms with Gasteiger partial charge in [-0.05, 0) is 29.8 Å². The summed E-state index contributed by atoms with van der Waals surface area (Å²) in [4.78, 5) is 25.9. The van der Waals surface area contributed by atoms with Gasteiger partial charge < -0.3 is 10.2 Å². The predicted molar refractivity (Wildman–Crippen MR) is 110 cm³/mol. The average molecular weight is 383 g/mol. The number of rotatable bonds is 5. The number of imidazole rings is 1. The number of carbonyl (C=O) groups excluding carboxylic acids is 1. The van der Waals surface area contributed by atoms with Gasteiger partial charge in [-0.25, -0.2) is 9.97 Å². The standard InChI is InChI=1S/C22H17N5O2/c28-12-16(13-4-2-1-3-5-13)21(29)22-24-18-10-15-17(11-19(18)25-22)26-27-20(15)14-6-8-23-9-7-14/h1-11,16,26-28H,12H2. The van der Waals surface area contributed by atoms with Crippen molar-refractivity contribution in [2.24, 2.45) is 0 Å². The summed E-state index contributed by atoms with van der Waals surface area (Å²) in [5.41, 5.74) is 4.78. The molecule has 0 amide bonds. The van der Waals surface area contributed by atoms with E-state index in [0.29, 0.717) is 11.0 Å². The number of pyridine rings is 1. The largest absolute Gasteiger partial charge is 0.395 e. The first-order chi connectivity index (χ1) is 14.2. The average Bonchev–Trinajstić information content (AvgIpc) is 3.37. The second-order valence-electron chi connectivity index (χ2n) is 6.80. The van der Waals surface area contributed by atoms with Gasteiger partial charge in [0.25, 0.3) is 0 Å². The molecule has 0 aliphatic rings. The Hall–Kier alpha value is -3.84. The van der Waals surface area contributed by atoms with Crippen molar-refractivity contribution < 1.29 is 9.90 Å². The molecule has 0 saturated carbocycles. The summed E-state index contributed by atoms with van der Waals surface area (Å²) in [5, 5.41) is 17.0. The highest BCUT2D eigenvalue weighted by molar-refractivity contribution is 6.04. The maximum Gasteiger partial charge on any atom is 0.209 e. The van der Waals surface area contributed by atoms with Crippen LogP contribution in [0.4, 0.5) is 0 Å². The minimum Gasteiger partial charge on any atom is -0.395 e. The number of fused-ring (bicyclic) bond motifs is 2. The molecule has 5 aromatic rings. The molecule has 0 fully saturated rings. The van der Waals surface area contributed by atoms with Crippen LogP contribution in [0, 0.1) is 0 Å². The van der Waals surface area contributed by atoms with Crippen molar-refractivity contribution in [2.45, 2.75) is 5.92 Å². The summed E-state index contributed by atoms with van der Waals surface area (Å²) in [6.45, 7) is -0.296. The van der Waals surface area contributed by atoms with Crippen LogP contribution in [0.3, 0.4) is 0 Å². The highest BCUT2D eigenvalue weighted by Crippen LogP contribution is 2.29. The number of Topliss-reactive ketones (excluding diaryl/α,β-unsaturated/α-hetero) is 1. The van der Waals surface area contributed by atoms with Crippen LogP contribution in [0.1, 0.15) is 22.1 Å². The van der Waals surface area contributed by atoms with Gasteiger partial charge in [-0.1, -0.05) is 30.3 Å². The molecule has 7 nitrogen and oxygen atoms in total. The minimum atomic E-state index is -0.682. The van der Waals surface area contributed by atoms with Gasteiger partial charge in [-0.15, -0.1) is 0 Å². The number of benzene rings is 2. The number of aromatic amines is 2. The molecule has 3 aromatic heterocycles. The van der Waals surface area contributed by atoms with Crippen molar-refractivity contribution in [3.05, 3.63) is 78.4 Å². The van der Waals surface area contributed by atoms with Gasteiger partial charge in [0, 0.05) is 23.3 Å². The van der Waals surface area contributed by atoms with Gasteiger partial charge in [0.05, 0.1) is 34.8 Å². The number of hydrogen-bond donors (Lipinski definition) is 3. The number of aliphatic hydroxyl groups is 1. The Bertz CT molecular complexity index is 1310. The minimum absolute atomic E-state index is 0.116. The SMILES string of the molecule is O=C(c1nc2cc3[nH][nH]c(-c4ccncc4)c3cc2n1)C(CO)c1ccccc1. The fourth-order valence-electron chi connectivity index (χ4n) is 3.55. The molecule has 1 unspecified atom stereocenters. The Morgan fingerprint density at radius 2 is 1.69 bits per heavy atom. The van der Waals surface area contributed by atoms with Crippen molar-refractivity contribution in [3.63, 3.8) is 0 Å². The molecular formula is C22H17N5O2. The highest BCUT2D eigenvalue weighted by atomic mass is 16.3. The van der Waals surface area contributed by atoms with Crippen LogP contribution >= 0.6 is 0 Å². The van der Waals surface area contributed by atoms with E-state index in [4.69, 9.17) is 0 Å². The van der Waals surface area contributed by atoms with Gasteiger partial charge >= 0.3 is 0 Å². The van der Waals surface area contributed by atoms with E-state index in [9.17, 15) is 9.90 Å². The lowest BCUT2D eigenvalue weighted by molar-refractivity contribution is 0.0913. The molecule has 0 spiro atoms. The molecule has 29 heavy (non-hydrogen) atoms. The van der Waals surface area contributed by atoms with E-state index in [0.717, 1.165) is 27.7 Å². The molecular weight excluding hydrogens is 366 g/mol. The molecule has 7 heteroatoms. The Morgan fingerprint density at radius 1 is 0.966 bits per heavy atom. The van der Waals surface area contributed by atoms with Crippen LogP contribution in [-0.2, 0) is 0 Å². The molecule has 1 atom stereocenters. The van der Waals surface area contributed by atoms with Crippen molar-refractivity contribution in [1.82, 2.24) is 25.1 Å². The quantitative estimate of drug-likeness (QED) is 0.403. The van der Waals surface area contributed by atoms with E-state index in [-0.39, 0.29) is 18.2 Å². The first-order valence-corrected chi connectivity index (χ1v) is 9.23. The van der Waals surface area contributed by atoms with E-state index < -0.39 is 5.92 Å². The Morgan fingerprint density at radius 3 is 2.41 bits per heavy atom. The Balaban J connectivity index is 1.57. The van der Waals surface area contributed by atoms with E-state index in [1.54, 1.807) is 12.4 Å². The van der Waals surface area contributed by atoms with Gasteiger partial charge in [0.1, 0.15) is 0 Å². The first-order valence-electron chi connectivity index (χ1n) is 9.23. The molecule has 3 heterocycles. The number of H-pyrrole nitrogens is 2. The molecule has 0 aliphatic heterocycles. The highest BCUT2D eigenvalue weighted by Gasteiger charge is 2.25. The molecule has 5 rings (SSSR count). The van der Waals surface area contributed by atoms with Gasteiger partial charge in [0.2, 0.25) is 5.78 Å². The molecule has 3 N–H and O–H groups in total. The maximum absolute atomic E-state index is 13.0. The number of hydrogen-bond acceptors (Lipinski definition) is 5. The van der Waals surface area contributed by atoms with Crippen molar-refractivity contribution in [1.29, 1.82) is 0 Å². The summed E-state index contributed by atoms with van der Waals surface area (Å²) in [7, 11) is 0. The lowest BCUT2D eigenvalue weighted by Gasteiger charge is -2.11. The van der Waals surface area contributed by atoms with Crippen LogP contribution in [-0.4, -0.2) is 42.6 Å². The van der Waals surface area contributed by atoms with Crippen LogP contribution in [0.15, 0.2) is 67.0 Å². The van der Waals surface area contributed by atoms with E-state index in [1.807, 2.05) is 54.6 Å². The summed E-state index contributed by atoms with van der Waals surface area (Å²) < 4.78 is 0. The zero-order valence-electron chi connectivity index (χ0n) is 15.3. The third-order valence-electron chi connectivity index (χ3n) is 5.05. The number of nitrogens with one attached hydrogen (secondary N) is 2.